The number of carbonyl (C=O) groups is 2. The number of carboxylic acids is 1. The number of nitrogens with one attached hydrogen (secondary N) is 1. The van der Waals surface area contributed by atoms with Gasteiger partial charge in [-0.15, -0.1) is 0 Å². The maximum atomic E-state index is 13.1. The van der Waals surface area contributed by atoms with E-state index in [-0.39, 0.29) is 18.0 Å². The van der Waals surface area contributed by atoms with Gasteiger partial charge in [0.25, 0.3) is 5.91 Å². The Morgan fingerprint density at radius 2 is 1.78 bits per heavy atom. The summed E-state index contributed by atoms with van der Waals surface area (Å²) in [4.78, 5) is 23.6. The van der Waals surface area contributed by atoms with Crippen molar-refractivity contribution in [2.24, 2.45) is 0 Å². The molecule has 0 aliphatic rings. The predicted molar refractivity (Wildman–Crippen MR) is 94.1 cm³/mol. The van der Waals surface area contributed by atoms with E-state index in [1.54, 1.807) is 30.3 Å². The van der Waals surface area contributed by atoms with Crippen molar-refractivity contribution >= 4 is 11.9 Å². The van der Waals surface area contributed by atoms with E-state index in [0.29, 0.717) is 11.3 Å². The Bertz CT molecular complexity index is 955. The van der Waals surface area contributed by atoms with Crippen molar-refractivity contribution in [1.82, 2.24) is 15.1 Å². The van der Waals surface area contributed by atoms with Crippen LogP contribution in [0.1, 0.15) is 28.5 Å². The lowest BCUT2D eigenvalue weighted by atomic mass is 10.0. The van der Waals surface area contributed by atoms with Gasteiger partial charge < -0.3 is 15.5 Å². The largest absolute Gasteiger partial charge is 0.493 e. The highest BCUT2D eigenvalue weighted by molar-refractivity contribution is 5.93. The zero-order valence-corrected chi connectivity index (χ0v) is 14.0. The number of rotatable bonds is 6. The van der Waals surface area contributed by atoms with E-state index in [2.05, 4.69) is 10.4 Å². The monoisotopic (exact) mass is 369 g/mol. The van der Waals surface area contributed by atoms with Gasteiger partial charge in [-0.1, -0.05) is 30.3 Å². The fourth-order valence-corrected chi connectivity index (χ4v) is 2.60. The summed E-state index contributed by atoms with van der Waals surface area (Å²) in [5.74, 6) is -2.48. The first kappa shape index (κ1) is 18.1. The number of hydrogen-bond acceptors (Lipinski definition) is 4. The number of aromatic hydroxyl groups is 1. The summed E-state index contributed by atoms with van der Waals surface area (Å²) in [7, 11) is 0. The van der Waals surface area contributed by atoms with E-state index in [1.165, 1.54) is 35.0 Å². The van der Waals surface area contributed by atoms with Gasteiger partial charge in [-0.05, 0) is 29.8 Å². The van der Waals surface area contributed by atoms with Gasteiger partial charge in [-0.25, -0.2) is 9.07 Å². The van der Waals surface area contributed by atoms with Crippen molar-refractivity contribution in [2.45, 2.75) is 12.5 Å². The Balaban J connectivity index is 1.83. The van der Waals surface area contributed by atoms with Gasteiger partial charge in [0.1, 0.15) is 5.82 Å². The summed E-state index contributed by atoms with van der Waals surface area (Å²) in [6.45, 7) is 0. The molecule has 3 N–H and O–H groups in total. The van der Waals surface area contributed by atoms with Crippen LogP contribution >= 0.6 is 0 Å². The number of hydrogen-bond donors (Lipinski definition) is 3. The molecule has 1 heterocycles. The number of aromatic nitrogens is 2. The molecular weight excluding hydrogens is 353 g/mol. The van der Waals surface area contributed by atoms with Crippen LogP contribution in [0.25, 0.3) is 5.69 Å². The maximum absolute atomic E-state index is 13.1. The van der Waals surface area contributed by atoms with Crippen LogP contribution in [-0.4, -0.2) is 31.9 Å². The Hall–Kier alpha value is -3.68. The third-order valence-electron chi connectivity index (χ3n) is 3.88. The number of carboxylic acid groups (broad SMARTS) is 1. The molecule has 0 saturated carbocycles. The molecule has 3 rings (SSSR count). The van der Waals surface area contributed by atoms with E-state index in [0.717, 1.165) is 0 Å². The third-order valence-corrected chi connectivity index (χ3v) is 3.88. The smallest absolute Gasteiger partial charge is 0.305 e. The van der Waals surface area contributed by atoms with Gasteiger partial charge in [0.05, 0.1) is 18.2 Å². The van der Waals surface area contributed by atoms with Gasteiger partial charge >= 0.3 is 5.97 Å². The number of halogens is 1. The first-order chi connectivity index (χ1) is 12.9. The molecule has 2 aromatic carbocycles. The minimum atomic E-state index is -1.12. The Kier molecular flexibility index (Phi) is 5.16. The van der Waals surface area contributed by atoms with Gasteiger partial charge in [-0.2, -0.15) is 5.10 Å². The van der Waals surface area contributed by atoms with Crippen LogP contribution in [0.15, 0.2) is 60.7 Å². The fourth-order valence-electron chi connectivity index (χ4n) is 2.60. The molecule has 27 heavy (non-hydrogen) atoms. The Morgan fingerprint density at radius 3 is 2.41 bits per heavy atom. The van der Waals surface area contributed by atoms with Crippen molar-refractivity contribution in [1.29, 1.82) is 0 Å². The van der Waals surface area contributed by atoms with E-state index >= 15 is 0 Å². The molecular formula is C19H16FN3O4. The summed E-state index contributed by atoms with van der Waals surface area (Å²) in [5, 5.41) is 25.8. The van der Waals surface area contributed by atoms with E-state index in [9.17, 15) is 19.1 Å². The molecule has 1 amide bonds. The molecule has 0 aliphatic carbocycles. The number of carbonyl (C=O) groups excluding carboxylic acids is 1. The first-order valence-electron chi connectivity index (χ1n) is 8.06. The molecule has 1 unspecified atom stereocenters. The minimum Gasteiger partial charge on any atom is -0.493 e. The fraction of sp³-hybridized carbons (Fsp3) is 0.105. The molecule has 0 fully saturated rings. The summed E-state index contributed by atoms with van der Waals surface area (Å²) in [6.07, 6.45) is -0.386. The van der Waals surface area contributed by atoms with Crippen molar-refractivity contribution in [3.05, 3.63) is 77.7 Å². The second-order valence-corrected chi connectivity index (χ2v) is 5.81. The average Bonchev–Trinajstić information content (AvgIpc) is 3.04. The van der Waals surface area contributed by atoms with Gasteiger partial charge in [-0.3, -0.25) is 9.59 Å². The van der Waals surface area contributed by atoms with E-state index in [1.807, 2.05) is 0 Å². The molecule has 0 radical (unpaired) electrons. The standard InChI is InChI=1S/C19H16FN3O4/c20-13-8-6-12(7-9-13)15(11-18(25)26)21-19(27)16-10-17(24)23(22-16)14-4-2-1-3-5-14/h1-10,15,24H,11H2,(H,21,27)(H,25,26). The number of para-hydroxylation sites is 1. The molecule has 138 valence electrons. The topological polar surface area (TPSA) is 104 Å². The SMILES string of the molecule is O=C(O)CC(NC(=O)c1cc(O)n(-c2ccccc2)n1)c1ccc(F)cc1. The predicted octanol–water partition coefficient (Wildman–Crippen LogP) is 2.66. The van der Waals surface area contributed by atoms with Crippen LogP contribution in [0.4, 0.5) is 4.39 Å². The molecule has 1 atom stereocenters. The summed E-state index contributed by atoms with van der Waals surface area (Å²) in [6, 6.07) is 14.2. The molecule has 8 heteroatoms. The lowest BCUT2D eigenvalue weighted by molar-refractivity contribution is -0.137. The quantitative estimate of drug-likeness (QED) is 0.620. The van der Waals surface area contributed by atoms with Crippen LogP contribution in [0.3, 0.4) is 0 Å². The van der Waals surface area contributed by atoms with Crippen LogP contribution < -0.4 is 5.32 Å². The molecule has 1 aromatic heterocycles. The number of aliphatic carboxylic acids is 1. The normalized spacial score (nSPS) is 11.7. The van der Waals surface area contributed by atoms with Crippen LogP contribution in [-0.2, 0) is 4.79 Å². The highest BCUT2D eigenvalue weighted by atomic mass is 19.1. The average molecular weight is 369 g/mol. The molecule has 0 saturated heterocycles. The van der Waals surface area contributed by atoms with E-state index in [4.69, 9.17) is 5.11 Å². The lowest BCUT2D eigenvalue weighted by Crippen LogP contribution is -2.30. The first-order valence-corrected chi connectivity index (χ1v) is 8.06. The van der Waals surface area contributed by atoms with Crippen LogP contribution in [0, 0.1) is 5.82 Å². The summed E-state index contributed by atoms with van der Waals surface area (Å²) >= 11 is 0. The Morgan fingerprint density at radius 1 is 1.11 bits per heavy atom. The number of nitrogens with zero attached hydrogens (tertiary/aromatic N) is 2. The third kappa shape index (κ3) is 4.30. The molecule has 7 nitrogen and oxygen atoms in total. The van der Waals surface area contributed by atoms with E-state index < -0.39 is 23.7 Å². The minimum absolute atomic E-state index is 0.0751. The van der Waals surface area contributed by atoms with Gasteiger partial charge in [0.2, 0.25) is 5.88 Å². The highest BCUT2D eigenvalue weighted by Gasteiger charge is 2.22. The van der Waals surface area contributed by atoms with Crippen LogP contribution in [0.2, 0.25) is 0 Å². The van der Waals surface area contributed by atoms with Crippen molar-refractivity contribution in [3.8, 4) is 11.6 Å². The Labute approximate surface area is 153 Å². The lowest BCUT2D eigenvalue weighted by Gasteiger charge is -2.16. The van der Waals surface area contributed by atoms with Crippen molar-refractivity contribution in [3.63, 3.8) is 0 Å². The van der Waals surface area contributed by atoms with Gasteiger partial charge in [0, 0.05) is 6.07 Å². The summed E-state index contributed by atoms with van der Waals surface area (Å²) < 4.78 is 14.3. The highest BCUT2D eigenvalue weighted by Crippen LogP contribution is 2.21. The molecule has 3 aromatic rings. The number of amides is 1. The second-order valence-electron chi connectivity index (χ2n) is 5.81. The maximum Gasteiger partial charge on any atom is 0.305 e. The zero-order valence-electron chi connectivity index (χ0n) is 14.0. The van der Waals surface area contributed by atoms with Crippen molar-refractivity contribution < 1.29 is 24.2 Å². The molecule has 0 spiro atoms. The zero-order chi connectivity index (χ0) is 19.4. The van der Waals surface area contributed by atoms with Crippen molar-refractivity contribution in [2.75, 3.05) is 0 Å². The second kappa shape index (κ2) is 7.69. The number of benzene rings is 2. The van der Waals surface area contributed by atoms with Crippen LogP contribution in [0.5, 0.6) is 5.88 Å². The molecule has 0 aliphatic heterocycles. The summed E-state index contributed by atoms with van der Waals surface area (Å²) in [5.41, 5.74) is 0.933. The van der Waals surface area contributed by atoms with Gasteiger partial charge in [0.15, 0.2) is 5.69 Å². The molecule has 0 bridgehead atoms.